The first-order valence-corrected chi connectivity index (χ1v) is 8.20. The van der Waals surface area contributed by atoms with Gasteiger partial charge in [0.15, 0.2) is 11.5 Å². The van der Waals surface area contributed by atoms with Crippen LogP contribution in [0.2, 0.25) is 0 Å². The van der Waals surface area contributed by atoms with Crippen LogP contribution >= 0.6 is 0 Å². The standard InChI is InChI=1S/C17H23N7O2/c1-9(2)8-12(14(18)25)21-17-22-16(13(15(19)26)23-24-17)20-11-6-4-10(3)5-7-11/h4-7,9,12H,8H2,1-3H3,(H2,18,25)(H2,19,26)(H2,20,21,22,24)/t12-/m1/s1. The molecular weight excluding hydrogens is 334 g/mol. The molecule has 0 aliphatic rings. The fourth-order valence-electron chi connectivity index (χ4n) is 2.29. The maximum atomic E-state index is 11.6. The van der Waals surface area contributed by atoms with E-state index in [1.807, 2.05) is 45.0 Å². The quantitative estimate of drug-likeness (QED) is 0.557. The van der Waals surface area contributed by atoms with E-state index in [2.05, 4.69) is 25.8 Å². The highest BCUT2D eigenvalue weighted by atomic mass is 16.1. The third-order valence-corrected chi connectivity index (χ3v) is 3.59. The Morgan fingerprint density at radius 1 is 1.12 bits per heavy atom. The highest BCUT2D eigenvalue weighted by Gasteiger charge is 2.20. The number of benzene rings is 1. The SMILES string of the molecule is Cc1ccc(Nc2nc(N[C@H](CC(C)C)C(N)=O)nnc2C(N)=O)cc1. The maximum Gasteiger partial charge on any atom is 0.273 e. The van der Waals surface area contributed by atoms with Gasteiger partial charge in [0.2, 0.25) is 11.9 Å². The Morgan fingerprint density at radius 3 is 2.31 bits per heavy atom. The van der Waals surface area contributed by atoms with E-state index < -0.39 is 17.9 Å². The maximum absolute atomic E-state index is 11.6. The Labute approximate surface area is 151 Å². The molecule has 0 unspecified atom stereocenters. The van der Waals surface area contributed by atoms with Crippen LogP contribution in [-0.2, 0) is 4.79 Å². The number of rotatable bonds is 8. The molecule has 138 valence electrons. The van der Waals surface area contributed by atoms with E-state index in [0.29, 0.717) is 12.1 Å². The van der Waals surface area contributed by atoms with Crippen molar-refractivity contribution >= 4 is 29.3 Å². The van der Waals surface area contributed by atoms with Crippen molar-refractivity contribution in [3.8, 4) is 0 Å². The van der Waals surface area contributed by atoms with E-state index >= 15 is 0 Å². The molecule has 0 bridgehead atoms. The summed E-state index contributed by atoms with van der Waals surface area (Å²) in [6.45, 7) is 5.90. The van der Waals surface area contributed by atoms with Crippen LogP contribution in [0.4, 0.5) is 17.5 Å². The zero-order chi connectivity index (χ0) is 19.3. The van der Waals surface area contributed by atoms with Crippen molar-refractivity contribution in [3.05, 3.63) is 35.5 Å². The number of amides is 2. The van der Waals surface area contributed by atoms with Gasteiger partial charge in [-0.2, -0.15) is 4.98 Å². The van der Waals surface area contributed by atoms with Gasteiger partial charge in [0, 0.05) is 5.69 Å². The van der Waals surface area contributed by atoms with Gasteiger partial charge >= 0.3 is 0 Å². The molecule has 2 aromatic rings. The van der Waals surface area contributed by atoms with Crippen molar-refractivity contribution in [1.82, 2.24) is 15.2 Å². The van der Waals surface area contributed by atoms with Crippen LogP contribution in [0.25, 0.3) is 0 Å². The lowest BCUT2D eigenvalue weighted by Crippen LogP contribution is -2.37. The van der Waals surface area contributed by atoms with Crippen LogP contribution in [0.15, 0.2) is 24.3 Å². The third kappa shape index (κ3) is 5.13. The zero-order valence-electron chi connectivity index (χ0n) is 15.0. The lowest BCUT2D eigenvalue weighted by Gasteiger charge is -2.17. The number of nitrogens with zero attached hydrogens (tertiary/aromatic N) is 3. The first-order chi connectivity index (χ1) is 12.3. The van der Waals surface area contributed by atoms with Crippen LogP contribution < -0.4 is 22.1 Å². The summed E-state index contributed by atoms with van der Waals surface area (Å²) in [5, 5.41) is 13.5. The summed E-state index contributed by atoms with van der Waals surface area (Å²) in [4.78, 5) is 27.5. The molecule has 1 aromatic carbocycles. The number of hydrogen-bond acceptors (Lipinski definition) is 7. The minimum atomic E-state index is -0.764. The molecule has 6 N–H and O–H groups in total. The normalized spacial score (nSPS) is 11.8. The summed E-state index contributed by atoms with van der Waals surface area (Å²) in [5.74, 6) is -0.821. The van der Waals surface area contributed by atoms with E-state index in [9.17, 15) is 9.59 Å². The Bertz CT molecular complexity index is 790. The van der Waals surface area contributed by atoms with Gasteiger partial charge < -0.3 is 22.1 Å². The monoisotopic (exact) mass is 357 g/mol. The van der Waals surface area contributed by atoms with Crippen molar-refractivity contribution in [2.24, 2.45) is 17.4 Å². The molecule has 2 amide bonds. The summed E-state index contributed by atoms with van der Waals surface area (Å²) in [6, 6.07) is 6.83. The summed E-state index contributed by atoms with van der Waals surface area (Å²) in [7, 11) is 0. The Kier molecular flexibility index (Phi) is 6.05. The molecule has 2 rings (SSSR count). The fraction of sp³-hybridized carbons (Fsp3) is 0.353. The molecule has 9 nitrogen and oxygen atoms in total. The van der Waals surface area contributed by atoms with Gasteiger partial charge in [-0.25, -0.2) is 0 Å². The highest BCUT2D eigenvalue weighted by molar-refractivity contribution is 5.96. The third-order valence-electron chi connectivity index (χ3n) is 3.59. The second-order valence-electron chi connectivity index (χ2n) is 6.42. The van der Waals surface area contributed by atoms with Crippen molar-refractivity contribution in [1.29, 1.82) is 0 Å². The number of carbonyl (C=O) groups excluding carboxylic acids is 2. The number of nitrogens with two attached hydrogens (primary N) is 2. The van der Waals surface area contributed by atoms with Crippen molar-refractivity contribution in [3.63, 3.8) is 0 Å². The van der Waals surface area contributed by atoms with Gasteiger partial charge in [0.1, 0.15) is 6.04 Å². The minimum absolute atomic E-state index is 0.0778. The van der Waals surface area contributed by atoms with Gasteiger partial charge in [0.25, 0.3) is 5.91 Å². The van der Waals surface area contributed by atoms with Crippen molar-refractivity contribution in [2.75, 3.05) is 10.6 Å². The molecule has 0 fully saturated rings. The number of hydrogen-bond donors (Lipinski definition) is 4. The topological polar surface area (TPSA) is 149 Å². The second kappa shape index (κ2) is 8.24. The van der Waals surface area contributed by atoms with Crippen LogP contribution in [0.1, 0.15) is 36.3 Å². The van der Waals surface area contributed by atoms with Crippen LogP contribution in [0.5, 0.6) is 0 Å². The Hall–Kier alpha value is -3.23. The number of nitrogens with one attached hydrogen (secondary N) is 2. The first kappa shape index (κ1) is 19.1. The van der Waals surface area contributed by atoms with Crippen molar-refractivity contribution < 1.29 is 9.59 Å². The van der Waals surface area contributed by atoms with Gasteiger partial charge in [-0.3, -0.25) is 9.59 Å². The number of carbonyl (C=O) groups is 2. The van der Waals surface area contributed by atoms with E-state index in [4.69, 9.17) is 11.5 Å². The summed E-state index contributed by atoms with van der Waals surface area (Å²) in [5.41, 5.74) is 12.5. The lowest BCUT2D eigenvalue weighted by atomic mass is 10.0. The molecule has 0 saturated heterocycles. The molecule has 1 aromatic heterocycles. The van der Waals surface area contributed by atoms with E-state index in [1.165, 1.54) is 0 Å². The molecule has 0 aliphatic carbocycles. The predicted octanol–water partition coefficient (Wildman–Crippen LogP) is 1.33. The summed E-state index contributed by atoms with van der Waals surface area (Å²) < 4.78 is 0. The van der Waals surface area contributed by atoms with Crippen LogP contribution in [0, 0.1) is 12.8 Å². The van der Waals surface area contributed by atoms with Gasteiger partial charge in [-0.05, 0) is 31.4 Å². The highest BCUT2D eigenvalue weighted by Crippen LogP contribution is 2.19. The van der Waals surface area contributed by atoms with Crippen molar-refractivity contribution in [2.45, 2.75) is 33.2 Å². The number of anilines is 3. The van der Waals surface area contributed by atoms with E-state index in [-0.39, 0.29) is 23.4 Å². The summed E-state index contributed by atoms with van der Waals surface area (Å²) >= 11 is 0. The molecule has 1 atom stereocenters. The zero-order valence-corrected chi connectivity index (χ0v) is 15.0. The fourth-order valence-corrected chi connectivity index (χ4v) is 2.29. The predicted molar refractivity (Wildman–Crippen MR) is 98.9 cm³/mol. The largest absolute Gasteiger partial charge is 0.368 e. The van der Waals surface area contributed by atoms with Crippen LogP contribution in [0.3, 0.4) is 0 Å². The average molecular weight is 357 g/mol. The number of primary amides is 2. The molecule has 9 heteroatoms. The number of aryl methyl sites for hydroxylation is 1. The Balaban J connectivity index is 2.30. The van der Waals surface area contributed by atoms with Crippen LogP contribution in [-0.4, -0.2) is 33.0 Å². The summed E-state index contributed by atoms with van der Waals surface area (Å²) in [6.07, 6.45) is 0.511. The van der Waals surface area contributed by atoms with Gasteiger partial charge in [0.05, 0.1) is 0 Å². The first-order valence-electron chi connectivity index (χ1n) is 8.20. The minimum Gasteiger partial charge on any atom is -0.368 e. The average Bonchev–Trinajstić information content (AvgIpc) is 2.56. The lowest BCUT2D eigenvalue weighted by molar-refractivity contribution is -0.119. The smallest absolute Gasteiger partial charge is 0.273 e. The number of aromatic nitrogens is 3. The molecule has 26 heavy (non-hydrogen) atoms. The molecule has 0 spiro atoms. The van der Waals surface area contributed by atoms with Gasteiger partial charge in [-0.1, -0.05) is 31.5 Å². The molecule has 1 heterocycles. The molecular formula is C17H23N7O2. The second-order valence-corrected chi connectivity index (χ2v) is 6.42. The molecule has 0 radical (unpaired) electrons. The van der Waals surface area contributed by atoms with Gasteiger partial charge in [-0.15, -0.1) is 10.2 Å². The van der Waals surface area contributed by atoms with E-state index in [0.717, 1.165) is 5.56 Å². The molecule has 0 saturated carbocycles. The Morgan fingerprint density at radius 2 is 1.77 bits per heavy atom. The van der Waals surface area contributed by atoms with E-state index in [1.54, 1.807) is 0 Å². The molecule has 0 aliphatic heterocycles.